The molecule has 1 N–H and O–H groups in total. The summed E-state index contributed by atoms with van der Waals surface area (Å²) in [7, 11) is -3.34. The lowest BCUT2D eigenvalue weighted by Crippen LogP contribution is -2.28. The largest absolute Gasteiger partial charge is 0.370 e. The Labute approximate surface area is 126 Å². The van der Waals surface area contributed by atoms with Crippen molar-refractivity contribution in [2.24, 2.45) is 5.92 Å². The summed E-state index contributed by atoms with van der Waals surface area (Å²) in [6.07, 6.45) is 8.61. The molecule has 1 aliphatic carbocycles. The molecule has 1 saturated heterocycles. The van der Waals surface area contributed by atoms with E-state index in [1.54, 1.807) is 16.4 Å². The van der Waals surface area contributed by atoms with Crippen LogP contribution in [0.3, 0.4) is 0 Å². The van der Waals surface area contributed by atoms with E-state index in [0.717, 1.165) is 31.1 Å². The third kappa shape index (κ3) is 3.37. The first-order valence-electron chi connectivity index (χ1n) is 7.86. The van der Waals surface area contributed by atoms with E-state index in [0.29, 0.717) is 18.0 Å². The van der Waals surface area contributed by atoms with E-state index in [-0.39, 0.29) is 0 Å². The fourth-order valence-electron chi connectivity index (χ4n) is 3.18. The van der Waals surface area contributed by atoms with Gasteiger partial charge in [0.2, 0.25) is 10.0 Å². The van der Waals surface area contributed by atoms with Gasteiger partial charge in [0.25, 0.3) is 0 Å². The summed E-state index contributed by atoms with van der Waals surface area (Å²) in [5, 5.41) is 3.32. The Morgan fingerprint density at radius 3 is 2.48 bits per heavy atom. The zero-order chi connectivity index (χ0) is 14.7. The molecule has 6 heteroatoms. The van der Waals surface area contributed by atoms with Crippen LogP contribution in [-0.2, 0) is 10.0 Å². The van der Waals surface area contributed by atoms with Crippen LogP contribution in [0.5, 0.6) is 0 Å². The Kier molecular flexibility index (Phi) is 4.45. The minimum absolute atomic E-state index is 0.302. The number of hydrogen-bond acceptors (Lipinski definition) is 4. The van der Waals surface area contributed by atoms with Gasteiger partial charge in [0.1, 0.15) is 10.7 Å². The number of anilines is 1. The number of sulfonamides is 1. The molecule has 5 nitrogen and oxygen atoms in total. The van der Waals surface area contributed by atoms with Crippen molar-refractivity contribution in [2.75, 3.05) is 25.0 Å². The fourth-order valence-corrected chi connectivity index (χ4v) is 4.64. The molecule has 116 valence electrons. The molecule has 0 amide bonds. The molecule has 3 rings (SSSR count). The van der Waals surface area contributed by atoms with Crippen molar-refractivity contribution in [2.45, 2.75) is 43.4 Å². The van der Waals surface area contributed by atoms with Gasteiger partial charge in [0.05, 0.1) is 0 Å². The number of aromatic nitrogens is 1. The first kappa shape index (κ1) is 14.8. The van der Waals surface area contributed by atoms with Crippen molar-refractivity contribution in [3.63, 3.8) is 0 Å². The summed E-state index contributed by atoms with van der Waals surface area (Å²) in [6, 6.07) is 3.44. The lowest BCUT2D eigenvalue weighted by molar-refractivity contribution is 0.477. The highest BCUT2D eigenvalue weighted by molar-refractivity contribution is 7.89. The highest BCUT2D eigenvalue weighted by Crippen LogP contribution is 2.25. The van der Waals surface area contributed by atoms with Gasteiger partial charge in [-0.2, -0.15) is 4.31 Å². The summed E-state index contributed by atoms with van der Waals surface area (Å²) in [5.74, 6) is 1.50. The summed E-state index contributed by atoms with van der Waals surface area (Å²) in [5.41, 5.74) is 0. The second kappa shape index (κ2) is 6.32. The predicted molar refractivity (Wildman–Crippen MR) is 82.7 cm³/mol. The SMILES string of the molecule is O=S(=O)(c1ccc(NCC2CCCC2)nc1)N1CCCC1. The average Bonchev–Trinajstić information content (AvgIpc) is 3.19. The Bertz CT molecular complexity index is 559. The molecule has 0 unspecified atom stereocenters. The molecule has 0 radical (unpaired) electrons. The minimum atomic E-state index is -3.34. The van der Waals surface area contributed by atoms with Gasteiger partial charge in [-0.25, -0.2) is 13.4 Å². The fraction of sp³-hybridized carbons (Fsp3) is 0.667. The van der Waals surface area contributed by atoms with E-state index in [1.807, 2.05) is 0 Å². The molecule has 2 heterocycles. The quantitative estimate of drug-likeness (QED) is 0.907. The molecule has 0 spiro atoms. The highest BCUT2D eigenvalue weighted by Gasteiger charge is 2.27. The lowest BCUT2D eigenvalue weighted by Gasteiger charge is -2.16. The molecule has 0 bridgehead atoms. The number of nitrogens with zero attached hydrogens (tertiary/aromatic N) is 2. The van der Waals surface area contributed by atoms with Crippen LogP contribution < -0.4 is 5.32 Å². The Balaban J connectivity index is 1.63. The van der Waals surface area contributed by atoms with Gasteiger partial charge < -0.3 is 5.32 Å². The summed E-state index contributed by atoms with van der Waals surface area (Å²) >= 11 is 0. The minimum Gasteiger partial charge on any atom is -0.370 e. The summed E-state index contributed by atoms with van der Waals surface area (Å²) < 4.78 is 26.3. The van der Waals surface area contributed by atoms with Crippen LogP contribution in [-0.4, -0.2) is 37.3 Å². The topological polar surface area (TPSA) is 62.3 Å². The van der Waals surface area contributed by atoms with E-state index >= 15 is 0 Å². The van der Waals surface area contributed by atoms with E-state index < -0.39 is 10.0 Å². The van der Waals surface area contributed by atoms with Crippen LogP contribution in [0.2, 0.25) is 0 Å². The monoisotopic (exact) mass is 309 g/mol. The third-order valence-corrected chi connectivity index (χ3v) is 6.37. The molecule has 0 aromatic carbocycles. The maximum atomic E-state index is 12.4. The molecule has 1 aromatic rings. The smallest absolute Gasteiger partial charge is 0.244 e. The van der Waals surface area contributed by atoms with Crippen molar-refractivity contribution in [1.29, 1.82) is 0 Å². The van der Waals surface area contributed by atoms with Gasteiger partial charge in [-0.15, -0.1) is 0 Å². The van der Waals surface area contributed by atoms with Crippen molar-refractivity contribution in [1.82, 2.24) is 9.29 Å². The maximum Gasteiger partial charge on any atom is 0.244 e. The van der Waals surface area contributed by atoms with E-state index in [1.165, 1.54) is 31.9 Å². The Morgan fingerprint density at radius 1 is 1.14 bits per heavy atom. The van der Waals surface area contributed by atoms with Gasteiger partial charge in [-0.1, -0.05) is 12.8 Å². The number of hydrogen-bond donors (Lipinski definition) is 1. The Hall–Kier alpha value is -1.14. The van der Waals surface area contributed by atoms with Gasteiger partial charge in [0.15, 0.2) is 0 Å². The van der Waals surface area contributed by atoms with E-state index in [2.05, 4.69) is 10.3 Å². The zero-order valence-electron chi connectivity index (χ0n) is 12.3. The van der Waals surface area contributed by atoms with Gasteiger partial charge in [0, 0.05) is 25.8 Å². The van der Waals surface area contributed by atoms with Crippen LogP contribution in [0, 0.1) is 5.92 Å². The lowest BCUT2D eigenvalue weighted by atomic mass is 10.1. The number of pyridine rings is 1. The van der Waals surface area contributed by atoms with Crippen LogP contribution in [0.4, 0.5) is 5.82 Å². The van der Waals surface area contributed by atoms with Gasteiger partial charge >= 0.3 is 0 Å². The van der Waals surface area contributed by atoms with Crippen LogP contribution in [0.1, 0.15) is 38.5 Å². The second-order valence-corrected chi connectivity index (χ2v) is 7.96. The number of nitrogens with one attached hydrogen (secondary N) is 1. The second-order valence-electron chi connectivity index (χ2n) is 6.02. The summed E-state index contributed by atoms with van der Waals surface area (Å²) in [4.78, 5) is 4.56. The molecular formula is C15H23N3O2S. The van der Waals surface area contributed by atoms with Gasteiger partial charge in [-0.05, 0) is 43.7 Å². The van der Waals surface area contributed by atoms with Crippen molar-refractivity contribution in [3.8, 4) is 0 Å². The molecule has 2 fully saturated rings. The van der Waals surface area contributed by atoms with Crippen LogP contribution >= 0.6 is 0 Å². The van der Waals surface area contributed by atoms with Gasteiger partial charge in [-0.3, -0.25) is 0 Å². The molecule has 2 aliphatic rings. The predicted octanol–water partition coefficient (Wildman–Crippen LogP) is 2.47. The maximum absolute atomic E-state index is 12.4. The number of rotatable bonds is 5. The average molecular weight is 309 g/mol. The normalized spacial score (nSPS) is 21.0. The standard InChI is InChI=1S/C15H23N3O2S/c19-21(20,18-9-3-4-10-18)14-7-8-15(17-12-14)16-11-13-5-1-2-6-13/h7-8,12-13H,1-6,9-11H2,(H,16,17). The highest BCUT2D eigenvalue weighted by atomic mass is 32.2. The zero-order valence-corrected chi connectivity index (χ0v) is 13.1. The van der Waals surface area contributed by atoms with Crippen LogP contribution in [0.15, 0.2) is 23.2 Å². The van der Waals surface area contributed by atoms with Crippen LogP contribution in [0.25, 0.3) is 0 Å². The molecule has 0 atom stereocenters. The molecular weight excluding hydrogens is 286 g/mol. The van der Waals surface area contributed by atoms with Crippen molar-refractivity contribution < 1.29 is 8.42 Å². The van der Waals surface area contributed by atoms with E-state index in [4.69, 9.17) is 0 Å². The van der Waals surface area contributed by atoms with Crippen molar-refractivity contribution >= 4 is 15.8 Å². The third-order valence-electron chi connectivity index (χ3n) is 4.49. The molecule has 1 aromatic heterocycles. The molecule has 21 heavy (non-hydrogen) atoms. The van der Waals surface area contributed by atoms with E-state index in [9.17, 15) is 8.42 Å². The Morgan fingerprint density at radius 2 is 1.86 bits per heavy atom. The molecule has 1 aliphatic heterocycles. The first-order chi connectivity index (χ1) is 10.2. The van der Waals surface area contributed by atoms with Crippen molar-refractivity contribution in [3.05, 3.63) is 18.3 Å². The summed E-state index contributed by atoms with van der Waals surface area (Å²) in [6.45, 7) is 2.19. The first-order valence-corrected chi connectivity index (χ1v) is 9.30. The molecule has 1 saturated carbocycles.